The molecule has 96 valence electrons. The lowest BCUT2D eigenvalue weighted by Gasteiger charge is -2.05. The maximum absolute atomic E-state index is 4.99. The number of aromatic nitrogens is 2. The molecular formula is C13H23N3O. The Morgan fingerprint density at radius 1 is 1.53 bits per heavy atom. The fraction of sp³-hybridized carbons (Fsp3) is 0.769. The van der Waals surface area contributed by atoms with Gasteiger partial charge in [-0.3, -0.25) is 0 Å². The van der Waals surface area contributed by atoms with Gasteiger partial charge in [-0.15, -0.1) is 0 Å². The van der Waals surface area contributed by atoms with E-state index in [2.05, 4.69) is 22.2 Å². The number of ether oxygens (including phenoxy) is 1. The van der Waals surface area contributed by atoms with Crippen molar-refractivity contribution in [3.8, 4) is 0 Å². The summed E-state index contributed by atoms with van der Waals surface area (Å²) in [4.78, 5) is 7.94. The third-order valence-corrected chi connectivity index (χ3v) is 3.53. The van der Waals surface area contributed by atoms with Crippen LogP contribution in [-0.2, 0) is 11.3 Å². The summed E-state index contributed by atoms with van der Waals surface area (Å²) in [6.45, 7) is 4.81. The van der Waals surface area contributed by atoms with Gasteiger partial charge >= 0.3 is 0 Å². The van der Waals surface area contributed by atoms with Crippen molar-refractivity contribution >= 4 is 0 Å². The Labute approximate surface area is 103 Å². The zero-order valence-electron chi connectivity index (χ0n) is 10.8. The van der Waals surface area contributed by atoms with Crippen molar-refractivity contribution in [2.45, 2.75) is 38.6 Å². The van der Waals surface area contributed by atoms with E-state index in [4.69, 9.17) is 4.74 Å². The van der Waals surface area contributed by atoms with Crippen molar-refractivity contribution in [3.63, 3.8) is 0 Å². The molecule has 0 amide bonds. The number of nitrogens with zero attached hydrogens (tertiary/aromatic N) is 1. The SMILES string of the molecule is COCCNCc1cnc(C2CCC(C)C2)[nH]1. The van der Waals surface area contributed by atoms with E-state index in [1.165, 1.54) is 30.8 Å². The lowest BCUT2D eigenvalue weighted by Crippen LogP contribution is -2.18. The molecule has 4 heteroatoms. The lowest BCUT2D eigenvalue weighted by molar-refractivity contribution is 0.199. The normalized spacial score (nSPS) is 24.4. The van der Waals surface area contributed by atoms with E-state index in [1.807, 2.05) is 6.20 Å². The highest BCUT2D eigenvalue weighted by atomic mass is 16.5. The minimum Gasteiger partial charge on any atom is -0.383 e. The number of hydrogen-bond donors (Lipinski definition) is 2. The monoisotopic (exact) mass is 237 g/mol. The number of imidazole rings is 1. The van der Waals surface area contributed by atoms with Gasteiger partial charge in [0.2, 0.25) is 0 Å². The molecule has 2 unspecified atom stereocenters. The number of aromatic amines is 1. The zero-order chi connectivity index (χ0) is 12.1. The Bertz CT molecular complexity index is 337. The fourth-order valence-corrected chi connectivity index (χ4v) is 2.53. The molecule has 0 spiro atoms. The van der Waals surface area contributed by atoms with Crippen molar-refractivity contribution < 1.29 is 4.74 Å². The van der Waals surface area contributed by atoms with Crippen LogP contribution >= 0.6 is 0 Å². The smallest absolute Gasteiger partial charge is 0.109 e. The second-order valence-corrected chi connectivity index (χ2v) is 5.08. The van der Waals surface area contributed by atoms with Crippen molar-refractivity contribution in [3.05, 3.63) is 17.7 Å². The summed E-state index contributed by atoms with van der Waals surface area (Å²) in [6, 6.07) is 0. The predicted molar refractivity (Wildman–Crippen MR) is 67.9 cm³/mol. The van der Waals surface area contributed by atoms with E-state index in [9.17, 15) is 0 Å². The molecule has 17 heavy (non-hydrogen) atoms. The van der Waals surface area contributed by atoms with E-state index in [0.717, 1.165) is 25.6 Å². The highest BCUT2D eigenvalue weighted by Crippen LogP contribution is 2.36. The van der Waals surface area contributed by atoms with Crippen LogP contribution in [0.1, 0.15) is 43.6 Å². The first-order chi connectivity index (χ1) is 8.29. The third kappa shape index (κ3) is 3.54. The molecule has 2 atom stereocenters. The Balaban J connectivity index is 1.79. The molecule has 0 radical (unpaired) electrons. The van der Waals surface area contributed by atoms with Gasteiger partial charge in [-0.1, -0.05) is 6.92 Å². The minimum atomic E-state index is 0.651. The average molecular weight is 237 g/mol. The molecule has 1 saturated carbocycles. The summed E-state index contributed by atoms with van der Waals surface area (Å²) in [7, 11) is 1.72. The molecule has 0 saturated heterocycles. The van der Waals surface area contributed by atoms with Crippen molar-refractivity contribution in [2.75, 3.05) is 20.3 Å². The van der Waals surface area contributed by atoms with Gasteiger partial charge in [-0.05, 0) is 25.2 Å². The number of nitrogens with one attached hydrogen (secondary N) is 2. The second kappa shape index (κ2) is 6.17. The summed E-state index contributed by atoms with van der Waals surface area (Å²) >= 11 is 0. The van der Waals surface area contributed by atoms with Crippen LogP contribution < -0.4 is 5.32 Å². The van der Waals surface area contributed by atoms with Crippen molar-refractivity contribution in [2.24, 2.45) is 5.92 Å². The lowest BCUT2D eigenvalue weighted by atomic mass is 10.1. The number of hydrogen-bond acceptors (Lipinski definition) is 3. The van der Waals surface area contributed by atoms with Crippen LogP contribution in [0.2, 0.25) is 0 Å². The molecule has 1 aliphatic rings. The molecule has 0 aromatic carbocycles. The molecule has 0 bridgehead atoms. The van der Waals surface area contributed by atoms with E-state index in [1.54, 1.807) is 7.11 Å². The van der Waals surface area contributed by atoms with Gasteiger partial charge in [0.05, 0.1) is 6.61 Å². The molecule has 1 fully saturated rings. The summed E-state index contributed by atoms with van der Waals surface area (Å²) in [5.74, 6) is 2.68. The minimum absolute atomic E-state index is 0.651. The summed E-state index contributed by atoms with van der Waals surface area (Å²) in [6.07, 6.45) is 5.86. The fourth-order valence-electron chi connectivity index (χ4n) is 2.53. The summed E-state index contributed by atoms with van der Waals surface area (Å²) < 4.78 is 4.99. The molecule has 1 aliphatic carbocycles. The Hall–Kier alpha value is -0.870. The third-order valence-electron chi connectivity index (χ3n) is 3.53. The maximum Gasteiger partial charge on any atom is 0.109 e. The van der Waals surface area contributed by atoms with Crippen LogP contribution in [0.5, 0.6) is 0 Å². The van der Waals surface area contributed by atoms with Crippen LogP contribution in [0.3, 0.4) is 0 Å². The molecule has 2 rings (SSSR count). The van der Waals surface area contributed by atoms with Gasteiger partial charge in [-0.25, -0.2) is 4.98 Å². The molecule has 1 aromatic heterocycles. The van der Waals surface area contributed by atoms with Crippen LogP contribution in [0.25, 0.3) is 0 Å². The van der Waals surface area contributed by atoms with Gasteiger partial charge in [0.1, 0.15) is 5.82 Å². The number of rotatable bonds is 6. The van der Waals surface area contributed by atoms with Crippen LogP contribution in [0.15, 0.2) is 6.20 Å². The van der Waals surface area contributed by atoms with Gasteiger partial charge in [0.25, 0.3) is 0 Å². The zero-order valence-corrected chi connectivity index (χ0v) is 10.8. The first-order valence-electron chi connectivity index (χ1n) is 6.53. The van der Waals surface area contributed by atoms with E-state index < -0.39 is 0 Å². The molecular weight excluding hydrogens is 214 g/mol. The molecule has 2 N–H and O–H groups in total. The van der Waals surface area contributed by atoms with E-state index in [-0.39, 0.29) is 0 Å². The Morgan fingerprint density at radius 3 is 3.12 bits per heavy atom. The highest BCUT2D eigenvalue weighted by Gasteiger charge is 2.24. The van der Waals surface area contributed by atoms with Crippen molar-refractivity contribution in [1.82, 2.24) is 15.3 Å². The summed E-state index contributed by atoms with van der Waals surface area (Å²) in [5, 5.41) is 3.32. The van der Waals surface area contributed by atoms with Gasteiger partial charge in [-0.2, -0.15) is 0 Å². The standard InChI is InChI=1S/C13H23N3O/c1-10-3-4-11(7-10)13-15-9-12(16-13)8-14-5-6-17-2/h9-11,14H,3-8H2,1-2H3,(H,15,16). The highest BCUT2D eigenvalue weighted by molar-refractivity contribution is 5.07. The maximum atomic E-state index is 4.99. The second-order valence-electron chi connectivity index (χ2n) is 5.08. The number of methoxy groups -OCH3 is 1. The van der Waals surface area contributed by atoms with Crippen LogP contribution in [0, 0.1) is 5.92 Å². The van der Waals surface area contributed by atoms with Crippen LogP contribution in [-0.4, -0.2) is 30.2 Å². The predicted octanol–water partition coefficient (Wildman–Crippen LogP) is 2.05. The van der Waals surface area contributed by atoms with Gasteiger partial charge < -0.3 is 15.0 Å². The number of H-pyrrole nitrogens is 1. The Kier molecular flexibility index (Phi) is 4.57. The molecule has 4 nitrogen and oxygen atoms in total. The largest absolute Gasteiger partial charge is 0.383 e. The summed E-state index contributed by atoms with van der Waals surface area (Å²) in [5.41, 5.74) is 1.18. The van der Waals surface area contributed by atoms with Gasteiger partial charge in [0.15, 0.2) is 0 Å². The topological polar surface area (TPSA) is 49.9 Å². The molecule has 1 aromatic rings. The first-order valence-corrected chi connectivity index (χ1v) is 6.53. The van der Waals surface area contributed by atoms with E-state index in [0.29, 0.717) is 5.92 Å². The Morgan fingerprint density at radius 2 is 2.41 bits per heavy atom. The van der Waals surface area contributed by atoms with Crippen LogP contribution in [0.4, 0.5) is 0 Å². The van der Waals surface area contributed by atoms with Crippen molar-refractivity contribution in [1.29, 1.82) is 0 Å². The quantitative estimate of drug-likeness (QED) is 0.744. The molecule has 0 aliphatic heterocycles. The average Bonchev–Trinajstić information content (AvgIpc) is 2.93. The van der Waals surface area contributed by atoms with E-state index >= 15 is 0 Å². The molecule has 1 heterocycles. The van der Waals surface area contributed by atoms with Gasteiger partial charge in [0, 0.05) is 38.0 Å². The first kappa shape index (κ1) is 12.6.